The van der Waals surface area contributed by atoms with Crippen molar-refractivity contribution < 1.29 is 23.5 Å². The van der Waals surface area contributed by atoms with Gasteiger partial charge >= 0.3 is 0 Å². The number of aryl methyl sites for hydroxylation is 1. The molecule has 0 aliphatic heterocycles. The zero-order valence-corrected chi connectivity index (χ0v) is 18.3. The monoisotopic (exact) mass is 443 g/mol. The van der Waals surface area contributed by atoms with Crippen molar-refractivity contribution in [1.29, 1.82) is 0 Å². The molecule has 0 aliphatic rings. The van der Waals surface area contributed by atoms with Gasteiger partial charge in [-0.25, -0.2) is 0 Å². The summed E-state index contributed by atoms with van der Waals surface area (Å²) in [6.07, 6.45) is 0. The van der Waals surface area contributed by atoms with Gasteiger partial charge in [-0.05, 0) is 62.4 Å². The molecule has 4 aromatic rings. The maximum Gasteiger partial charge on any atom is 0.255 e. The SMILES string of the molecule is COc1ccc2c(=O)c(Oc3ccc(C(=O)Nc4ccccc4C(C)=O)cc3)c(C)oc2c1. The average Bonchev–Trinajstić information content (AvgIpc) is 2.82. The predicted molar refractivity (Wildman–Crippen MR) is 125 cm³/mol. The number of hydrogen-bond donors (Lipinski definition) is 1. The van der Waals surface area contributed by atoms with E-state index in [1.807, 2.05) is 0 Å². The van der Waals surface area contributed by atoms with Crippen LogP contribution in [0.4, 0.5) is 5.69 Å². The second-order valence-electron chi connectivity index (χ2n) is 7.36. The van der Waals surface area contributed by atoms with Gasteiger partial charge < -0.3 is 19.2 Å². The van der Waals surface area contributed by atoms with Gasteiger partial charge in [-0.1, -0.05) is 12.1 Å². The van der Waals surface area contributed by atoms with Gasteiger partial charge in [-0.3, -0.25) is 14.4 Å². The summed E-state index contributed by atoms with van der Waals surface area (Å²) >= 11 is 0. The summed E-state index contributed by atoms with van der Waals surface area (Å²) < 4.78 is 16.7. The largest absolute Gasteiger partial charge is 0.497 e. The van der Waals surface area contributed by atoms with Gasteiger partial charge in [0, 0.05) is 17.2 Å². The number of carbonyl (C=O) groups excluding carboxylic acids is 2. The minimum Gasteiger partial charge on any atom is -0.497 e. The molecule has 0 atom stereocenters. The predicted octanol–water partition coefficient (Wildman–Crippen LogP) is 5.36. The molecular weight excluding hydrogens is 422 g/mol. The zero-order chi connectivity index (χ0) is 23.5. The standard InChI is InChI=1S/C26H21NO6/c1-15(28)20-6-4-5-7-22(20)27-26(30)17-8-10-18(11-9-17)33-25-16(2)32-23-14-19(31-3)12-13-21(23)24(25)29/h4-14H,1-3H3,(H,27,30). The van der Waals surface area contributed by atoms with Gasteiger partial charge in [0.1, 0.15) is 22.8 Å². The Morgan fingerprint density at radius 3 is 2.33 bits per heavy atom. The zero-order valence-electron chi connectivity index (χ0n) is 18.3. The fourth-order valence-electron chi connectivity index (χ4n) is 3.40. The number of ketones is 1. The minimum atomic E-state index is -0.370. The molecule has 7 heteroatoms. The number of rotatable bonds is 6. The fourth-order valence-corrected chi connectivity index (χ4v) is 3.40. The van der Waals surface area contributed by atoms with Crippen LogP contribution in [0.3, 0.4) is 0 Å². The molecule has 0 radical (unpaired) electrons. The number of Topliss-reactive ketones (excluding diaryl/α,β-unsaturated/α-hetero) is 1. The van der Waals surface area contributed by atoms with Crippen molar-refractivity contribution in [1.82, 2.24) is 0 Å². The van der Waals surface area contributed by atoms with Gasteiger partial charge in [0.2, 0.25) is 11.2 Å². The maximum atomic E-state index is 12.9. The van der Waals surface area contributed by atoms with Crippen molar-refractivity contribution in [2.45, 2.75) is 13.8 Å². The van der Waals surface area contributed by atoms with E-state index in [0.717, 1.165) is 0 Å². The second kappa shape index (κ2) is 9.00. The minimum absolute atomic E-state index is 0.0697. The fraction of sp³-hybridized carbons (Fsp3) is 0.115. The molecule has 1 amide bonds. The summed E-state index contributed by atoms with van der Waals surface area (Å²) in [6, 6.07) is 18.1. The summed E-state index contributed by atoms with van der Waals surface area (Å²) in [5.41, 5.74) is 1.34. The van der Waals surface area contributed by atoms with Crippen molar-refractivity contribution in [3.63, 3.8) is 0 Å². The molecule has 33 heavy (non-hydrogen) atoms. The van der Waals surface area contributed by atoms with Gasteiger partial charge in [-0.2, -0.15) is 0 Å². The number of fused-ring (bicyclic) bond motifs is 1. The molecule has 0 aliphatic carbocycles. The topological polar surface area (TPSA) is 94.8 Å². The molecule has 0 bridgehead atoms. The average molecular weight is 443 g/mol. The Hall–Kier alpha value is -4.39. The summed E-state index contributed by atoms with van der Waals surface area (Å²) in [6.45, 7) is 3.09. The number of amides is 1. The number of methoxy groups -OCH3 is 1. The quantitative estimate of drug-likeness (QED) is 0.403. The first-order valence-electron chi connectivity index (χ1n) is 10.2. The molecule has 166 valence electrons. The van der Waals surface area contributed by atoms with Gasteiger partial charge in [0.25, 0.3) is 5.91 Å². The van der Waals surface area contributed by atoms with Crippen LogP contribution in [-0.2, 0) is 0 Å². The summed E-state index contributed by atoms with van der Waals surface area (Å²) in [5, 5.41) is 3.12. The van der Waals surface area contributed by atoms with E-state index in [2.05, 4.69) is 5.32 Å². The first kappa shape index (κ1) is 21.8. The van der Waals surface area contributed by atoms with Crippen LogP contribution in [0.25, 0.3) is 11.0 Å². The first-order valence-corrected chi connectivity index (χ1v) is 10.2. The number of benzene rings is 3. The lowest BCUT2D eigenvalue weighted by atomic mass is 10.1. The van der Waals surface area contributed by atoms with E-state index >= 15 is 0 Å². The molecule has 0 saturated carbocycles. The van der Waals surface area contributed by atoms with Crippen LogP contribution < -0.4 is 20.2 Å². The molecule has 1 N–H and O–H groups in total. The molecule has 0 saturated heterocycles. The summed E-state index contributed by atoms with van der Waals surface area (Å²) in [4.78, 5) is 37.3. The Bertz CT molecular complexity index is 1420. The third-order valence-electron chi connectivity index (χ3n) is 5.11. The van der Waals surface area contributed by atoms with Crippen molar-refractivity contribution >= 4 is 28.3 Å². The first-order chi connectivity index (χ1) is 15.9. The Labute approximate surface area is 189 Å². The highest BCUT2D eigenvalue weighted by molar-refractivity contribution is 6.09. The Morgan fingerprint density at radius 2 is 1.64 bits per heavy atom. The number of anilines is 1. The number of ether oxygens (including phenoxy) is 2. The van der Waals surface area contributed by atoms with Crippen LogP contribution in [0, 0.1) is 6.92 Å². The van der Waals surface area contributed by atoms with Crippen molar-refractivity contribution in [3.8, 4) is 17.2 Å². The highest BCUT2D eigenvalue weighted by Crippen LogP contribution is 2.27. The van der Waals surface area contributed by atoms with E-state index in [4.69, 9.17) is 13.9 Å². The van der Waals surface area contributed by atoms with Gasteiger partial charge in [0.15, 0.2) is 5.78 Å². The third-order valence-corrected chi connectivity index (χ3v) is 5.11. The maximum absolute atomic E-state index is 12.9. The highest BCUT2D eigenvalue weighted by atomic mass is 16.5. The molecule has 0 fully saturated rings. The third kappa shape index (κ3) is 4.48. The van der Waals surface area contributed by atoms with Crippen LogP contribution >= 0.6 is 0 Å². The molecule has 7 nitrogen and oxygen atoms in total. The molecule has 4 rings (SSSR count). The van der Waals surface area contributed by atoms with E-state index in [0.29, 0.717) is 45.0 Å². The lowest BCUT2D eigenvalue weighted by molar-refractivity contribution is 0.101. The van der Waals surface area contributed by atoms with E-state index in [1.54, 1.807) is 73.7 Å². The van der Waals surface area contributed by atoms with Crippen LogP contribution in [0.2, 0.25) is 0 Å². The van der Waals surface area contributed by atoms with E-state index in [9.17, 15) is 14.4 Å². The van der Waals surface area contributed by atoms with Crippen molar-refractivity contribution in [3.05, 3.63) is 93.8 Å². The molecule has 1 heterocycles. The van der Waals surface area contributed by atoms with Crippen LogP contribution in [0.1, 0.15) is 33.4 Å². The van der Waals surface area contributed by atoms with Crippen LogP contribution in [0.5, 0.6) is 17.2 Å². The lowest BCUT2D eigenvalue weighted by Gasteiger charge is -2.11. The number of carbonyl (C=O) groups is 2. The molecular formula is C26H21NO6. The van der Waals surface area contributed by atoms with Crippen molar-refractivity contribution in [2.24, 2.45) is 0 Å². The molecule has 3 aromatic carbocycles. The van der Waals surface area contributed by atoms with Crippen LogP contribution in [-0.4, -0.2) is 18.8 Å². The Balaban J connectivity index is 1.56. The van der Waals surface area contributed by atoms with Crippen LogP contribution in [0.15, 0.2) is 75.9 Å². The summed E-state index contributed by atoms with van der Waals surface area (Å²) in [7, 11) is 1.54. The van der Waals surface area contributed by atoms with Gasteiger partial charge in [0.05, 0.1) is 18.2 Å². The van der Waals surface area contributed by atoms with Gasteiger partial charge in [-0.15, -0.1) is 0 Å². The van der Waals surface area contributed by atoms with Crippen molar-refractivity contribution in [2.75, 3.05) is 12.4 Å². The number of para-hydroxylation sites is 1. The Kier molecular flexibility index (Phi) is 5.95. The lowest BCUT2D eigenvalue weighted by Crippen LogP contribution is -2.14. The van der Waals surface area contributed by atoms with E-state index in [-0.39, 0.29) is 22.9 Å². The normalized spacial score (nSPS) is 10.6. The second-order valence-corrected chi connectivity index (χ2v) is 7.36. The molecule has 0 unspecified atom stereocenters. The molecule has 1 aromatic heterocycles. The number of nitrogens with one attached hydrogen (secondary N) is 1. The Morgan fingerprint density at radius 1 is 0.939 bits per heavy atom. The van der Waals surface area contributed by atoms with E-state index in [1.165, 1.54) is 14.0 Å². The molecule has 0 spiro atoms. The van der Waals surface area contributed by atoms with E-state index < -0.39 is 0 Å². The summed E-state index contributed by atoms with van der Waals surface area (Å²) in [5.74, 6) is 0.837. The smallest absolute Gasteiger partial charge is 0.255 e. The number of hydrogen-bond acceptors (Lipinski definition) is 6. The highest BCUT2D eigenvalue weighted by Gasteiger charge is 2.16.